The molecule has 0 radical (unpaired) electrons. The Morgan fingerprint density at radius 3 is 2.57 bits per heavy atom. The summed E-state index contributed by atoms with van der Waals surface area (Å²) in [6, 6.07) is 3.32. The molecule has 0 saturated heterocycles. The average Bonchev–Trinajstić information content (AvgIpc) is 2.43. The minimum atomic E-state index is -4.01. The van der Waals surface area contributed by atoms with Crippen LogP contribution in [0.5, 0.6) is 5.75 Å². The van der Waals surface area contributed by atoms with Crippen molar-refractivity contribution in [1.82, 2.24) is 4.72 Å². The molecule has 1 unspecified atom stereocenters. The lowest BCUT2D eigenvalue weighted by atomic mass is 10.0. The Morgan fingerprint density at radius 1 is 1.48 bits per heavy atom. The first kappa shape index (κ1) is 17.9. The van der Waals surface area contributed by atoms with Gasteiger partial charge in [0.05, 0.1) is 7.11 Å². The van der Waals surface area contributed by atoms with Gasteiger partial charge in [-0.3, -0.25) is 4.79 Å². The van der Waals surface area contributed by atoms with Gasteiger partial charge >= 0.3 is 5.97 Å². The van der Waals surface area contributed by atoms with E-state index in [0.29, 0.717) is 10.9 Å². The number of hydrogen-bond acceptors (Lipinski definition) is 4. The summed E-state index contributed by atoms with van der Waals surface area (Å²) in [6.45, 7) is 3.48. The van der Waals surface area contributed by atoms with Gasteiger partial charge in [0.15, 0.2) is 0 Å². The summed E-state index contributed by atoms with van der Waals surface area (Å²) in [5, 5.41) is 9.20. The van der Waals surface area contributed by atoms with Gasteiger partial charge in [0.2, 0.25) is 10.0 Å². The highest BCUT2D eigenvalue weighted by atomic mass is 79.9. The van der Waals surface area contributed by atoms with Gasteiger partial charge in [0.1, 0.15) is 16.7 Å². The summed E-state index contributed by atoms with van der Waals surface area (Å²) in [5.41, 5.74) is 0. The van der Waals surface area contributed by atoms with E-state index in [9.17, 15) is 18.3 Å². The standard InChI is InChI=1S/C13H18BrNO5S/c1-4-8(2)12(13(16)17)15-21(18,19)11-7-9(14)5-6-10(11)20-3/h5-8,12,15H,4H2,1-3H3,(H,16,17)/t8?,12-/m0/s1. The van der Waals surface area contributed by atoms with Crippen LogP contribution in [0.3, 0.4) is 0 Å². The molecule has 0 aliphatic carbocycles. The van der Waals surface area contributed by atoms with Crippen LogP contribution in [-0.4, -0.2) is 32.6 Å². The smallest absolute Gasteiger partial charge is 0.322 e. The molecular formula is C13H18BrNO5S. The Kier molecular flexibility index (Phi) is 6.18. The van der Waals surface area contributed by atoms with Crippen LogP contribution in [0.4, 0.5) is 0 Å². The number of carboxylic acids is 1. The van der Waals surface area contributed by atoms with E-state index in [1.165, 1.54) is 19.2 Å². The zero-order valence-corrected chi connectivity index (χ0v) is 14.4. The van der Waals surface area contributed by atoms with Crippen LogP contribution >= 0.6 is 15.9 Å². The number of carbonyl (C=O) groups is 1. The number of aliphatic carboxylic acids is 1. The number of ether oxygens (including phenoxy) is 1. The van der Waals surface area contributed by atoms with Crippen molar-refractivity contribution in [1.29, 1.82) is 0 Å². The Hall–Kier alpha value is -1.12. The summed E-state index contributed by atoms with van der Waals surface area (Å²) in [7, 11) is -2.66. The molecule has 1 aromatic rings. The van der Waals surface area contributed by atoms with E-state index < -0.39 is 22.0 Å². The third-order valence-corrected chi connectivity index (χ3v) is 5.13. The molecule has 1 aromatic carbocycles. The fourth-order valence-corrected chi connectivity index (χ4v) is 3.74. The van der Waals surface area contributed by atoms with E-state index in [2.05, 4.69) is 20.7 Å². The minimum absolute atomic E-state index is 0.103. The maximum Gasteiger partial charge on any atom is 0.322 e. The number of carboxylic acid groups (broad SMARTS) is 1. The molecule has 0 saturated carbocycles. The number of benzene rings is 1. The molecule has 0 aliphatic rings. The minimum Gasteiger partial charge on any atom is -0.495 e. The van der Waals surface area contributed by atoms with Crippen LogP contribution < -0.4 is 9.46 Å². The maximum atomic E-state index is 12.4. The second-order valence-electron chi connectivity index (χ2n) is 4.62. The van der Waals surface area contributed by atoms with Crippen molar-refractivity contribution in [3.8, 4) is 5.75 Å². The largest absolute Gasteiger partial charge is 0.495 e. The predicted octanol–water partition coefficient (Wildman–Crippen LogP) is 2.24. The molecule has 0 fully saturated rings. The first-order valence-electron chi connectivity index (χ1n) is 6.31. The molecule has 0 amide bonds. The first-order valence-corrected chi connectivity index (χ1v) is 8.59. The molecular weight excluding hydrogens is 362 g/mol. The predicted molar refractivity (Wildman–Crippen MR) is 81.9 cm³/mol. The molecule has 2 atom stereocenters. The van der Waals surface area contributed by atoms with Gasteiger partial charge in [0.25, 0.3) is 0 Å². The molecule has 6 nitrogen and oxygen atoms in total. The van der Waals surface area contributed by atoms with Crippen LogP contribution in [0.25, 0.3) is 0 Å². The van der Waals surface area contributed by atoms with Gasteiger partial charge < -0.3 is 9.84 Å². The van der Waals surface area contributed by atoms with Crippen LogP contribution in [0.2, 0.25) is 0 Å². The van der Waals surface area contributed by atoms with Crippen LogP contribution in [0.1, 0.15) is 20.3 Å². The highest BCUT2D eigenvalue weighted by molar-refractivity contribution is 9.10. The third-order valence-electron chi connectivity index (χ3n) is 3.18. The van der Waals surface area contributed by atoms with Gasteiger partial charge in [-0.1, -0.05) is 36.2 Å². The zero-order chi connectivity index (χ0) is 16.2. The van der Waals surface area contributed by atoms with Crippen LogP contribution in [0, 0.1) is 5.92 Å². The molecule has 0 bridgehead atoms. The summed E-state index contributed by atoms with van der Waals surface area (Å²) in [6.07, 6.45) is 0.537. The number of sulfonamides is 1. The highest BCUT2D eigenvalue weighted by Crippen LogP contribution is 2.27. The fourth-order valence-electron chi connectivity index (χ4n) is 1.74. The summed E-state index contributed by atoms with van der Waals surface area (Å²) in [5.74, 6) is -1.39. The number of hydrogen-bond donors (Lipinski definition) is 2. The van der Waals surface area contributed by atoms with Crippen LogP contribution in [0.15, 0.2) is 27.6 Å². The summed E-state index contributed by atoms with van der Waals surface area (Å²) < 4.78 is 32.7. The average molecular weight is 380 g/mol. The second-order valence-corrected chi connectivity index (χ2v) is 7.22. The summed E-state index contributed by atoms with van der Waals surface area (Å²) >= 11 is 3.19. The van der Waals surface area contributed by atoms with E-state index in [1.807, 2.05) is 0 Å². The Balaban J connectivity index is 3.22. The van der Waals surface area contributed by atoms with Gasteiger partial charge in [-0.2, -0.15) is 4.72 Å². The topological polar surface area (TPSA) is 92.7 Å². The molecule has 118 valence electrons. The highest BCUT2D eigenvalue weighted by Gasteiger charge is 2.31. The second kappa shape index (κ2) is 7.24. The van der Waals surface area contributed by atoms with E-state index >= 15 is 0 Å². The molecule has 0 aliphatic heterocycles. The van der Waals surface area contributed by atoms with Crippen molar-refractivity contribution in [2.45, 2.75) is 31.2 Å². The Morgan fingerprint density at radius 2 is 2.10 bits per heavy atom. The first-order chi connectivity index (χ1) is 9.72. The van der Waals surface area contributed by atoms with Gasteiger partial charge in [0, 0.05) is 4.47 Å². The van der Waals surface area contributed by atoms with E-state index in [0.717, 1.165) is 0 Å². The molecule has 2 N–H and O–H groups in total. The normalized spacial score (nSPS) is 14.5. The Bertz CT molecular complexity index is 617. The van der Waals surface area contributed by atoms with Crippen molar-refractivity contribution >= 4 is 31.9 Å². The van der Waals surface area contributed by atoms with Crippen molar-refractivity contribution < 1.29 is 23.1 Å². The SMILES string of the molecule is CCC(C)[C@H](NS(=O)(=O)c1cc(Br)ccc1OC)C(=O)O. The van der Waals surface area contributed by atoms with E-state index in [4.69, 9.17) is 4.74 Å². The molecule has 0 heterocycles. The molecule has 0 spiro atoms. The lowest BCUT2D eigenvalue weighted by Gasteiger charge is -2.20. The lowest BCUT2D eigenvalue weighted by molar-refractivity contribution is -0.140. The van der Waals surface area contributed by atoms with E-state index in [-0.39, 0.29) is 16.6 Å². The molecule has 8 heteroatoms. The van der Waals surface area contributed by atoms with E-state index in [1.54, 1.807) is 19.9 Å². The van der Waals surface area contributed by atoms with Crippen molar-refractivity contribution in [3.63, 3.8) is 0 Å². The van der Waals surface area contributed by atoms with Crippen LogP contribution in [-0.2, 0) is 14.8 Å². The number of rotatable bonds is 7. The zero-order valence-electron chi connectivity index (χ0n) is 12.0. The monoisotopic (exact) mass is 379 g/mol. The van der Waals surface area contributed by atoms with Gasteiger partial charge in [-0.05, 0) is 24.1 Å². The van der Waals surface area contributed by atoms with Crippen molar-refractivity contribution in [3.05, 3.63) is 22.7 Å². The fraction of sp³-hybridized carbons (Fsp3) is 0.462. The molecule has 0 aromatic heterocycles. The molecule has 1 rings (SSSR count). The molecule has 21 heavy (non-hydrogen) atoms. The lowest BCUT2D eigenvalue weighted by Crippen LogP contribution is -2.44. The van der Waals surface area contributed by atoms with Gasteiger partial charge in [-0.25, -0.2) is 8.42 Å². The Labute approximate surface area is 132 Å². The maximum absolute atomic E-state index is 12.4. The number of methoxy groups -OCH3 is 1. The van der Waals surface area contributed by atoms with Crippen molar-refractivity contribution in [2.75, 3.05) is 7.11 Å². The number of nitrogens with one attached hydrogen (secondary N) is 1. The summed E-state index contributed by atoms with van der Waals surface area (Å²) in [4.78, 5) is 11.2. The quantitative estimate of drug-likeness (QED) is 0.757. The van der Waals surface area contributed by atoms with Crippen molar-refractivity contribution in [2.24, 2.45) is 5.92 Å². The number of halogens is 1. The van der Waals surface area contributed by atoms with Gasteiger partial charge in [-0.15, -0.1) is 0 Å². The third kappa shape index (κ3) is 4.42.